The van der Waals surface area contributed by atoms with Crippen LogP contribution in [0.25, 0.3) is 12.2 Å². The summed E-state index contributed by atoms with van der Waals surface area (Å²) in [6.45, 7) is 0. The summed E-state index contributed by atoms with van der Waals surface area (Å²) in [5.41, 5.74) is 3.77. The van der Waals surface area contributed by atoms with E-state index in [-0.39, 0.29) is 0 Å². The zero-order chi connectivity index (χ0) is 12.1. The molecule has 0 unspecified atom stereocenters. The Morgan fingerprint density at radius 3 is 1.76 bits per heavy atom. The van der Waals surface area contributed by atoms with Crippen LogP contribution in [-0.4, -0.2) is 14.1 Å². The first-order valence-electron chi connectivity index (χ1n) is 5.89. The molecule has 17 heavy (non-hydrogen) atoms. The second-order valence-electron chi connectivity index (χ2n) is 4.37. The lowest BCUT2D eigenvalue weighted by atomic mass is 10.1. The second-order valence-corrected chi connectivity index (χ2v) is 4.37. The van der Waals surface area contributed by atoms with E-state index in [1.54, 1.807) is 0 Å². The molecule has 0 atom stereocenters. The van der Waals surface area contributed by atoms with Crippen molar-refractivity contribution in [3.05, 3.63) is 65.7 Å². The van der Waals surface area contributed by atoms with Gasteiger partial charge in [-0.3, -0.25) is 0 Å². The van der Waals surface area contributed by atoms with Crippen molar-refractivity contribution in [2.24, 2.45) is 0 Å². The summed E-state index contributed by atoms with van der Waals surface area (Å²) in [7, 11) is 4.27. The van der Waals surface area contributed by atoms with Gasteiger partial charge >= 0.3 is 0 Å². The highest BCUT2D eigenvalue weighted by atomic mass is 15.1. The van der Waals surface area contributed by atoms with E-state index >= 15 is 0 Å². The normalized spacial score (nSPS) is 11.2. The number of benzene rings is 2. The van der Waals surface area contributed by atoms with Gasteiger partial charge in [0, 0.05) is 0 Å². The van der Waals surface area contributed by atoms with Gasteiger partial charge in [0.25, 0.3) is 0 Å². The van der Waals surface area contributed by atoms with Gasteiger partial charge in [-0.2, -0.15) is 0 Å². The minimum atomic E-state index is 1.23. The van der Waals surface area contributed by atoms with Crippen LogP contribution in [0.4, 0.5) is 5.69 Å². The maximum atomic E-state index is 2.17. The fourth-order valence-electron chi connectivity index (χ4n) is 1.68. The highest BCUT2D eigenvalue weighted by Gasteiger charge is 1.97. The molecule has 0 amide bonds. The number of rotatable bonds is 3. The maximum Gasteiger partial charge on any atom is 0.130 e. The van der Waals surface area contributed by atoms with Crippen molar-refractivity contribution < 1.29 is 4.90 Å². The molecule has 0 heterocycles. The summed E-state index contributed by atoms with van der Waals surface area (Å²) in [5.74, 6) is 0. The fourth-order valence-corrected chi connectivity index (χ4v) is 1.68. The maximum absolute atomic E-state index is 2.17. The van der Waals surface area contributed by atoms with Crippen LogP contribution in [0.1, 0.15) is 11.1 Å². The van der Waals surface area contributed by atoms with E-state index in [4.69, 9.17) is 0 Å². The molecule has 0 aliphatic carbocycles. The molecule has 2 aromatic carbocycles. The number of hydrogen-bond donors (Lipinski definition) is 1. The Bertz CT molecular complexity index is 481. The highest BCUT2D eigenvalue weighted by Crippen LogP contribution is 2.10. The molecule has 0 fully saturated rings. The topological polar surface area (TPSA) is 4.44 Å². The van der Waals surface area contributed by atoms with Crippen molar-refractivity contribution in [1.29, 1.82) is 0 Å². The summed E-state index contributed by atoms with van der Waals surface area (Å²) in [6, 6.07) is 19.0. The van der Waals surface area contributed by atoms with E-state index in [1.165, 1.54) is 21.7 Å². The molecule has 1 heteroatoms. The largest absolute Gasteiger partial charge is 0.307 e. The van der Waals surface area contributed by atoms with Crippen LogP contribution in [0.15, 0.2) is 54.6 Å². The van der Waals surface area contributed by atoms with Gasteiger partial charge in [0.15, 0.2) is 0 Å². The predicted molar refractivity (Wildman–Crippen MR) is 74.3 cm³/mol. The zero-order valence-electron chi connectivity index (χ0n) is 10.4. The number of nitrogens with one attached hydrogen (secondary N) is 1. The van der Waals surface area contributed by atoms with Gasteiger partial charge < -0.3 is 4.90 Å². The molecule has 2 aromatic rings. The van der Waals surface area contributed by atoms with Crippen molar-refractivity contribution in [2.75, 3.05) is 14.1 Å². The van der Waals surface area contributed by atoms with Crippen molar-refractivity contribution in [2.45, 2.75) is 0 Å². The molecule has 0 saturated carbocycles. The smallest absolute Gasteiger partial charge is 0.130 e. The summed E-state index contributed by atoms with van der Waals surface area (Å²) in [6.07, 6.45) is 4.28. The third-order valence-corrected chi connectivity index (χ3v) is 2.76. The van der Waals surface area contributed by atoms with E-state index < -0.39 is 0 Å². The second kappa shape index (κ2) is 5.46. The molecular weight excluding hydrogens is 206 g/mol. The van der Waals surface area contributed by atoms with E-state index in [2.05, 4.69) is 74.8 Å². The number of quaternary nitrogens is 1. The minimum Gasteiger partial charge on any atom is -0.307 e. The van der Waals surface area contributed by atoms with Crippen LogP contribution < -0.4 is 4.90 Å². The minimum absolute atomic E-state index is 1.23. The summed E-state index contributed by atoms with van der Waals surface area (Å²) in [5, 5.41) is 0. The van der Waals surface area contributed by atoms with Gasteiger partial charge in [-0.25, -0.2) is 0 Å². The van der Waals surface area contributed by atoms with Gasteiger partial charge in [-0.05, 0) is 35.4 Å². The molecule has 0 aliphatic rings. The Morgan fingerprint density at radius 2 is 1.24 bits per heavy atom. The van der Waals surface area contributed by atoms with Crippen LogP contribution >= 0.6 is 0 Å². The van der Waals surface area contributed by atoms with E-state index in [1.807, 2.05) is 6.07 Å². The highest BCUT2D eigenvalue weighted by molar-refractivity contribution is 5.69. The SMILES string of the molecule is C[NH+](C)c1ccc(/C=C/c2ccccc2)cc1. The van der Waals surface area contributed by atoms with Gasteiger partial charge in [0.2, 0.25) is 0 Å². The Hall–Kier alpha value is -1.86. The van der Waals surface area contributed by atoms with Crippen LogP contribution in [0.2, 0.25) is 0 Å². The van der Waals surface area contributed by atoms with Crippen LogP contribution in [0, 0.1) is 0 Å². The van der Waals surface area contributed by atoms with E-state index in [9.17, 15) is 0 Å². The molecule has 1 N–H and O–H groups in total. The van der Waals surface area contributed by atoms with E-state index in [0.717, 1.165) is 0 Å². The first kappa shape index (κ1) is 11.6. The third kappa shape index (κ3) is 3.30. The first-order valence-corrected chi connectivity index (χ1v) is 5.89. The average molecular weight is 224 g/mol. The Balaban J connectivity index is 2.12. The Labute approximate surface area is 103 Å². The van der Waals surface area contributed by atoms with Crippen molar-refractivity contribution in [1.82, 2.24) is 0 Å². The average Bonchev–Trinajstić information content (AvgIpc) is 2.38. The van der Waals surface area contributed by atoms with Gasteiger partial charge in [-0.1, -0.05) is 42.5 Å². The quantitative estimate of drug-likeness (QED) is 0.764. The van der Waals surface area contributed by atoms with Crippen LogP contribution in [0.3, 0.4) is 0 Å². The monoisotopic (exact) mass is 224 g/mol. The lowest BCUT2D eigenvalue weighted by Gasteiger charge is -2.05. The third-order valence-electron chi connectivity index (χ3n) is 2.76. The standard InChI is InChI=1S/C16H17N/c1-17(2)16-12-10-15(11-13-16)9-8-14-6-4-3-5-7-14/h3-13H,1-2H3/p+1/b9-8+. The summed E-state index contributed by atoms with van der Waals surface area (Å²) >= 11 is 0. The van der Waals surface area contributed by atoms with E-state index in [0.29, 0.717) is 0 Å². The van der Waals surface area contributed by atoms with Crippen molar-refractivity contribution >= 4 is 17.8 Å². The molecule has 86 valence electrons. The predicted octanol–water partition coefficient (Wildman–Crippen LogP) is 2.63. The summed E-state index contributed by atoms with van der Waals surface area (Å²) in [4.78, 5) is 1.35. The number of hydrogen-bond acceptors (Lipinski definition) is 0. The van der Waals surface area contributed by atoms with Crippen molar-refractivity contribution in [3.8, 4) is 0 Å². The lowest BCUT2D eigenvalue weighted by Crippen LogP contribution is -3.00. The molecule has 0 spiro atoms. The zero-order valence-corrected chi connectivity index (χ0v) is 10.4. The van der Waals surface area contributed by atoms with Gasteiger partial charge in [0.05, 0.1) is 14.1 Å². The molecule has 2 rings (SSSR count). The molecule has 0 radical (unpaired) electrons. The summed E-state index contributed by atoms with van der Waals surface area (Å²) < 4.78 is 0. The molecule has 0 aromatic heterocycles. The van der Waals surface area contributed by atoms with Gasteiger partial charge in [-0.15, -0.1) is 0 Å². The van der Waals surface area contributed by atoms with Gasteiger partial charge in [0.1, 0.15) is 5.69 Å². The first-order chi connectivity index (χ1) is 8.25. The Morgan fingerprint density at radius 1 is 0.706 bits per heavy atom. The molecule has 0 saturated heterocycles. The lowest BCUT2D eigenvalue weighted by molar-refractivity contribution is -0.786. The molecule has 0 bridgehead atoms. The van der Waals surface area contributed by atoms with Crippen LogP contribution in [0.5, 0.6) is 0 Å². The molecular formula is C16H18N+. The molecule has 1 nitrogen and oxygen atoms in total. The van der Waals surface area contributed by atoms with Crippen molar-refractivity contribution in [3.63, 3.8) is 0 Å². The van der Waals surface area contributed by atoms with Crippen LogP contribution in [-0.2, 0) is 0 Å². The Kier molecular flexibility index (Phi) is 3.73. The molecule has 0 aliphatic heterocycles. The fraction of sp³-hybridized carbons (Fsp3) is 0.125.